The van der Waals surface area contributed by atoms with Gasteiger partial charge in [-0.3, -0.25) is 4.79 Å². The second kappa shape index (κ2) is 7.47. The van der Waals surface area contributed by atoms with Crippen LogP contribution in [0.15, 0.2) is 42.5 Å². The van der Waals surface area contributed by atoms with Crippen LogP contribution in [0.25, 0.3) is 0 Å². The van der Waals surface area contributed by atoms with E-state index in [0.29, 0.717) is 18.9 Å². The Morgan fingerprint density at radius 2 is 1.96 bits per heavy atom. The van der Waals surface area contributed by atoms with Crippen molar-refractivity contribution in [2.45, 2.75) is 33.0 Å². The van der Waals surface area contributed by atoms with Crippen LogP contribution in [-0.2, 0) is 4.79 Å². The van der Waals surface area contributed by atoms with Gasteiger partial charge in [-0.1, -0.05) is 24.3 Å². The Labute approximate surface area is 147 Å². The Morgan fingerprint density at radius 1 is 1.20 bits per heavy atom. The summed E-state index contributed by atoms with van der Waals surface area (Å²) < 4.78 is 17.3. The molecule has 0 aromatic heterocycles. The fraction of sp³-hybridized carbons (Fsp3) is 0.350. The molecule has 1 aliphatic rings. The van der Waals surface area contributed by atoms with Crippen molar-refractivity contribution in [3.8, 4) is 17.2 Å². The maximum Gasteiger partial charge on any atom is 0.260 e. The maximum atomic E-state index is 12.3. The normalized spacial score (nSPS) is 16.8. The number of nitrogens with one attached hydrogen (secondary N) is 1. The van der Waals surface area contributed by atoms with E-state index in [4.69, 9.17) is 14.2 Å². The highest BCUT2D eigenvalue weighted by Gasteiger charge is 2.23. The van der Waals surface area contributed by atoms with Crippen LogP contribution in [0.2, 0.25) is 0 Å². The second-order valence-corrected chi connectivity index (χ2v) is 6.20. The van der Waals surface area contributed by atoms with Gasteiger partial charge in [-0.15, -0.1) is 0 Å². The van der Waals surface area contributed by atoms with Crippen LogP contribution in [0, 0.1) is 13.8 Å². The van der Waals surface area contributed by atoms with Crippen molar-refractivity contribution >= 4 is 5.91 Å². The second-order valence-electron chi connectivity index (χ2n) is 6.20. The van der Waals surface area contributed by atoms with Crippen LogP contribution in [0.3, 0.4) is 0 Å². The summed E-state index contributed by atoms with van der Waals surface area (Å²) in [4.78, 5) is 12.3. The van der Waals surface area contributed by atoms with E-state index in [0.717, 1.165) is 22.6 Å². The number of carbonyl (C=O) groups excluding carboxylic acids is 1. The molecule has 1 heterocycles. The quantitative estimate of drug-likeness (QED) is 0.908. The van der Waals surface area contributed by atoms with E-state index in [1.54, 1.807) is 6.92 Å². The van der Waals surface area contributed by atoms with Crippen LogP contribution in [-0.4, -0.2) is 31.3 Å². The van der Waals surface area contributed by atoms with E-state index in [-0.39, 0.29) is 12.0 Å². The molecule has 1 amide bonds. The number of para-hydroxylation sites is 2. The summed E-state index contributed by atoms with van der Waals surface area (Å²) >= 11 is 0. The lowest BCUT2D eigenvalue weighted by atomic mass is 10.1. The van der Waals surface area contributed by atoms with E-state index >= 15 is 0 Å². The van der Waals surface area contributed by atoms with Gasteiger partial charge in [-0.2, -0.15) is 0 Å². The average molecular weight is 341 g/mol. The zero-order valence-electron chi connectivity index (χ0n) is 14.7. The zero-order valence-corrected chi connectivity index (χ0v) is 14.7. The Kier molecular flexibility index (Phi) is 5.12. The highest BCUT2D eigenvalue weighted by Crippen LogP contribution is 2.30. The molecule has 0 aliphatic carbocycles. The van der Waals surface area contributed by atoms with Crippen molar-refractivity contribution < 1.29 is 19.0 Å². The van der Waals surface area contributed by atoms with E-state index in [1.807, 2.05) is 56.3 Å². The summed E-state index contributed by atoms with van der Waals surface area (Å²) in [6.45, 7) is 6.52. The predicted molar refractivity (Wildman–Crippen MR) is 95.4 cm³/mol. The third-order valence-corrected chi connectivity index (χ3v) is 4.30. The van der Waals surface area contributed by atoms with Crippen molar-refractivity contribution in [3.63, 3.8) is 0 Å². The minimum Gasteiger partial charge on any atom is -0.486 e. The van der Waals surface area contributed by atoms with Crippen molar-refractivity contribution in [3.05, 3.63) is 53.6 Å². The van der Waals surface area contributed by atoms with Crippen molar-refractivity contribution in [1.82, 2.24) is 5.32 Å². The number of carbonyl (C=O) groups is 1. The van der Waals surface area contributed by atoms with Gasteiger partial charge in [0.2, 0.25) is 0 Å². The topological polar surface area (TPSA) is 56.8 Å². The smallest absolute Gasteiger partial charge is 0.260 e. The fourth-order valence-corrected chi connectivity index (χ4v) is 2.62. The third-order valence-electron chi connectivity index (χ3n) is 4.30. The number of rotatable bonds is 5. The van der Waals surface area contributed by atoms with Crippen LogP contribution < -0.4 is 19.5 Å². The largest absolute Gasteiger partial charge is 0.486 e. The van der Waals surface area contributed by atoms with Gasteiger partial charge in [-0.25, -0.2) is 0 Å². The number of fused-ring (bicyclic) bond motifs is 1. The van der Waals surface area contributed by atoms with E-state index in [9.17, 15) is 4.79 Å². The molecule has 25 heavy (non-hydrogen) atoms. The summed E-state index contributed by atoms with van der Waals surface area (Å²) in [5, 5.41) is 2.87. The summed E-state index contributed by atoms with van der Waals surface area (Å²) in [6.07, 6.45) is -0.802. The molecule has 2 unspecified atom stereocenters. The third kappa shape index (κ3) is 4.05. The first-order valence-corrected chi connectivity index (χ1v) is 8.43. The minimum atomic E-state index is -0.586. The van der Waals surface area contributed by atoms with Gasteiger partial charge in [0.1, 0.15) is 18.5 Å². The van der Waals surface area contributed by atoms with Gasteiger partial charge >= 0.3 is 0 Å². The van der Waals surface area contributed by atoms with Gasteiger partial charge in [0, 0.05) is 0 Å². The first kappa shape index (κ1) is 17.1. The zero-order chi connectivity index (χ0) is 17.8. The molecular formula is C20H23NO4. The fourth-order valence-electron chi connectivity index (χ4n) is 2.62. The molecule has 2 aromatic rings. The van der Waals surface area contributed by atoms with Crippen molar-refractivity contribution in [2.24, 2.45) is 0 Å². The van der Waals surface area contributed by atoms with Gasteiger partial charge in [0.25, 0.3) is 5.91 Å². The Balaban J connectivity index is 1.52. The van der Waals surface area contributed by atoms with Gasteiger partial charge in [0.15, 0.2) is 17.6 Å². The highest BCUT2D eigenvalue weighted by atomic mass is 16.6. The molecule has 0 spiro atoms. The van der Waals surface area contributed by atoms with Crippen LogP contribution >= 0.6 is 0 Å². The SMILES string of the molecule is Cc1cccc(OC(C)C(=O)NCC2COc3ccccc3O2)c1C. The molecule has 0 radical (unpaired) electrons. The van der Waals surface area contributed by atoms with Crippen LogP contribution in [0.4, 0.5) is 0 Å². The monoisotopic (exact) mass is 341 g/mol. The summed E-state index contributed by atoms with van der Waals surface area (Å²) in [6, 6.07) is 13.3. The van der Waals surface area contributed by atoms with E-state index < -0.39 is 6.10 Å². The van der Waals surface area contributed by atoms with E-state index in [2.05, 4.69) is 5.32 Å². The lowest BCUT2D eigenvalue weighted by Gasteiger charge is -2.27. The molecule has 0 saturated heterocycles. The molecule has 2 aromatic carbocycles. The molecule has 3 rings (SSSR count). The molecule has 2 atom stereocenters. The maximum absolute atomic E-state index is 12.3. The Bertz CT molecular complexity index is 759. The first-order chi connectivity index (χ1) is 12.0. The number of hydrogen-bond donors (Lipinski definition) is 1. The number of benzene rings is 2. The number of aryl methyl sites for hydroxylation is 1. The van der Waals surface area contributed by atoms with Crippen molar-refractivity contribution in [1.29, 1.82) is 0 Å². The molecule has 0 fully saturated rings. The molecule has 5 heteroatoms. The standard InChI is InChI=1S/C20H23NO4/c1-13-7-6-10-17(14(13)2)24-15(3)20(22)21-11-16-12-23-18-8-4-5-9-19(18)25-16/h4-10,15-16H,11-12H2,1-3H3,(H,21,22). The number of hydrogen-bond acceptors (Lipinski definition) is 4. The predicted octanol–water partition coefficient (Wildman–Crippen LogP) is 3.03. The summed E-state index contributed by atoms with van der Waals surface area (Å²) in [5.41, 5.74) is 2.18. The average Bonchev–Trinajstić information content (AvgIpc) is 2.63. The van der Waals surface area contributed by atoms with Crippen LogP contribution in [0.1, 0.15) is 18.1 Å². The lowest BCUT2D eigenvalue weighted by Crippen LogP contribution is -2.44. The molecule has 0 saturated carbocycles. The minimum absolute atomic E-state index is 0.177. The Hall–Kier alpha value is -2.69. The molecule has 132 valence electrons. The van der Waals surface area contributed by atoms with Gasteiger partial charge in [-0.05, 0) is 50.1 Å². The molecule has 1 N–H and O–H groups in total. The highest BCUT2D eigenvalue weighted by molar-refractivity contribution is 5.80. The van der Waals surface area contributed by atoms with Gasteiger partial charge < -0.3 is 19.5 Å². The Morgan fingerprint density at radius 3 is 2.76 bits per heavy atom. The molecule has 1 aliphatic heterocycles. The molecular weight excluding hydrogens is 318 g/mol. The first-order valence-electron chi connectivity index (χ1n) is 8.43. The molecule has 0 bridgehead atoms. The summed E-state index contributed by atoms with van der Waals surface area (Å²) in [7, 11) is 0. The van der Waals surface area contributed by atoms with Gasteiger partial charge in [0.05, 0.1) is 6.54 Å². The van der Waals surface area contributed by atoms with Crippen LogP contribution in [0.5, 0.6) is 17.2 Å². The summed E-state index contributed by atoms with van der Waals surface area (Å²) in [5.74, 6) is 1.99. The lowest BCUT2D eigenvalue weighted by molar-refractivity contribution is -0.127. The van der Waals surface area contributed by atoms with Crippen molar-refractivity contribution in [2.75, 3.05) is 13.2 Å². The van der Waals surface area contributed by atoms with E-state index in [1.165, 1.54) is 0 Å². The molecule has 5 nitrogen and oxygen atoms in total. The number of ether oxygens (including phenoxy) is 3. The number of amides is 1.